The molecule has 0 saturated carbocycles. The summed E-state index contributed by atoms with van der Waals surface area (Å²) >= 11 is 1.73. The lowest BCUT2D eigenvalue weighted by Gasteiger charge is -2.15. The molecule has 0 spiro atoms. The molecule has 84 valence electrons. The molecule has 2 aromatic rings. The average molecular weight is 234 g/mol. The second-order valence-corrected chi connectivity index (χ2v) is 6.01. The van der Waals surface area contributed by atoms with Gasteiger partial charge in [-0.25, -0.2) is 4.39 Å². The largest absolute Gasteiger partial charge is 0.207 e. The van der Waals surface area contributed by atoms with Crippen LogP contribution in [0.1, 0.15) is 25.6 Å². The number of hydrogen-bond donors (Lipinski definition) is 0. The van der Waals surface area contributed by atoms with Crippen LogP contribution in [0.3, 0.4) is 0 Å². The summed E-state index contributed by atoms with van der Waals surface area (Å²) in [5.41, 5.74) is 1.12. The topological polar surface area (TPSA) is 0 Å². The minimum atomic E-state index is -0.178. The third kappa shape index (κ3) is 2.33. The Hall–Kier alpha value is -1.15. The van der Waals surface area contributed by atoms with Gasteiger partial charge in [-0.3, -0.25) is 0 Å². The summed E-state index contributed by atoms with van der Waals surface area (Å²) in [7, 11) is 0. The summed E-state index contributed by atoms with van der Waals surface area (Å²) in [5, 5.41) is 0. The van der Waals surface area contributed by atoms with Crippen molar-refractivity contribution in [2.45, 2.75) is 26.2 Å². The molecule has 0 unspecified atom stereocenters. The van der Waals surface area contributed by atoms with Crippen molar-refractivity contribution < 1.29 is 4.39 Å². The molecule has 0 aliphatic carbocycles. The minimum absolute atomic E-state index is 0.163. The first-order chi connectivity index (χ1) is 7.47. The summed E-state index contributed by atoms with van der Waals surface area (Å²) in [6, 6.07) is 11.0. The van der Waals surface area contributed by atoms with Crippen LogP contribution >= 0.6 is 11.3 Å². The first-order valence-corrected chi connectivity index (χ1v) is 6.15. The molecule has 0 radical (unpaired) electrons. The summed E-state index contributed by atoms with van der Waals surface area (Å²) in [6.45, 7) is 6.57. The number of thiophene rings is 1. The van der Waals surface area contributed by atoms with Gasteiger partial charge >= 0.3 is 0 Å². The number of halogens is 1. The van der Waals surface area contributed by atoms with Gasteiger partial charge in [-0.15, -0.1) is 11.3 Å². The second-order valence-electron chi connectivity index (χ2n) is 4.92. The van der Waals surface area contributed by atoms with Crippen LogP contribution in [0.2, 0.25) is 0 Å². The molecule has 1 aromatic carbocycles. The predicted molar refractivity (Wildman–Crippen MR) is 68.4 cm³/mol. The third-order valence-corrected chi connectivity index (χ3v) is 4.01. The van der Waals surface area contributed by atoms with E-state index in [2.05, 4.69) is 32.9 Å². The van der Waals surface area contributed by atoms with Crippen LogP contribution < -0.4 is 0 Å². The number of hydrogen-bond acceptors (Lipinski definition) is 1. The van der Waals surface area contributed by atoms with Gasteiger partial charge in [0, 0.05) is 9.75 Å². The van der Waals surface area contributed by atoms with Gasteiger partial charge < -0.3 is 0 Å². The fourth-order valence-corrected chi connectivity index (χ4v) is 2.60. The first-order valence-electron chi connectivity index (χ1n) is 5.33. The monoisotopic (exact) mass is 234 g/mol. The molecule has 2 rings (SSSR count). The minimum Gasteiger partial charge on any atom is -0.207 e. The van der Waals surface area contributed by atoms with Crippen LogP contribution in [0.25, 0.3) is 10.4 Å². The maximum absolute atomic E-state index is 13.1. The number of rotatable bonds is 1. The van der Waals surface area contributed by atoms with Crippen molar-refractivity contribution >= 4 is 11.3 Å². The van der Waals surface area contributed by atoms with Crippen LogP contribution in [0.15, 0.2) is 36.4 Å². The zero-order chi connectivity index (χ0) is 11.8. The first kappa shape index (κ1) is 11.3. The van der Waals surface area contributed by atoms with E-state index in [0.29, 0.717) is 0 Å². The molecule has 16 heavy (non-hydrogen) atoms. The highest BCUT2D eigenvalue weighted by atomic mass is 32.1. The molecular weight excluding hydrogens is 219 g/mol. The molecule has 2 heteroatoms. The van der Waals surface area contributed by atoms with E-state index in [-0.39, 0.29) is 11.2 Å². The van der Waals surface area contributed by atoms with Crippen molar-refractivity contribution in [3.05, 3.63) is 47.1 Å². The molecule has 0 nitrogen and oxygen atoms in total. The molecule has 0 atom stereocenters. The van der Waals surface area contributed by atoms with Crippen LogP contribution in [0.5, 0.6) is 0 Å². The van der Waals surface area contributed by atoms with Gasteiger partial charge in [0.2, 0.25) is 0 Å². The third-order valence-electron chi connectivity index (χ3n) is 2.45. The highest BCUT2D eigenvalue weighted by Crippen LogP contribution is 2.34. The Balaban J connectivity index is 2.39. The van der Waals surface area contributed by atoms with E-state index in [0.717, 1.165) is 10.4 Å². The number of benzene rings is 1. The van der Waals surface area contributed by atoms with Gasteiger partial charge in [-0.1, -0.05) is 32.9 Å². The Morgan fingerprint density at radius 3 is 2.38 bits per heavy atom. The molecule has 0 aliphatic heterocycles. The van der Waals surface area contributed by atoms with E-state index in [4.69, 9.17) is 0 Å². The molecule has 0 saturated heterocycles. The zero-order valence-corrected chi connectivity index (χ0v) is 10.6. The Morgan fingerprint density at radius 2 is 1.81 bits per heavy atom. The highest BCUT2D eigenvalue weighted by molar-refractivity contribution is 7.15. The Kier molecular flexibility index (Phi) is 2.85. The molecule has 0 aliphatic rings. The average Bonchev–Trinajstić information content (AvgIpc) is 2.65. The SMILES string of the molecule is CC(C)(C)c1ccc(-c2cccc(F)c2)s1. The molecular formula is C14H15FS. The second kappa shape index (κ2) is 4.02. The summed E-state index contributed by atoms with van der Waals surface area (Å²) in [5.74, 6) is -0.178. The van der Waals surface area contributed by atoms with Gasteiger partial charge in [0.15, 0.2) is 0 Å². The molecule has 0 N–H and O–H groups in total. The van der Waals surface area contributed by atoms with Crippen LogP contribution in [-0.2, 0) is 5.41 Å². The maximum atomic E-state index is 13.1. The summed E-state index contributed by atoms with van der Waals surface area (Å²) in [4.78, 5) is 2.45. The zero-order valence-electron chi connectivity index (χ0n) is 9.75. The molecule has 0 fully saturated rings. The lowest BCUT2D eigenvalue weighted by atomic mass is 9.95. The molecule has 0 amide bonds. The van der Waals surface area contributed by atoms with Crippen molar-refractivity contribution in [1.82, 2.24) is 0 Å². The van der Waals surface area contributed by atoms with E-state index in [1.807, 2.05) is 6.07 Å². The van der Waals surface area contributed by atoms with Crippen molar-refractivity contribution in [2.24, 2.45) is 0 Å². The van der Waals surface area contributed by atoms with Crippen molar-refractivity contribution in [1.29, 1.82) is 0 Å². The lowest BCUT2D eigenvalue weighted by molar-refractivity contribution is 0.604. The van der Waals surface area contributed by atoms with Crippen molar-refractivity contribution in [3.8, 4) is 10.4 Å². The summed E-state index contributed by atoms with van der Waals surface area (Å²) < 4.78 is 13.1. The van der Waals surface area contributed by atoms with E-state index in [9.17, 15) is 4.39 Å². The van der Waals surface area contributed by atoms with E-state index in [1.54, 1.807) is 23.5 Å². The van der Waals surface area contributed by atoms with Crippen molar-refractivity contribution in [3.63, 3.8) is 0 Å². The van der Waals surface area contributed by atoms with Crippen LogP contribution in [0.4, 0.5) is 4.39 Å². The van der Waals surface area contributed by atoms with Crippen LogP contribution in [0, 0.1) is 5.82 Å². The molecule has 0 bridgehead atoms. The Labute approximate surface area is 99.8 Å². The van der Waals surface area contributed by atoms with Gasteiger partial charge in [-0.2, -0.15) is 0 Å². The summed E-state index contributed by atoms with van der Waals surface area (Å²) in [6.07, 6.45) is 0. The molecule has 1 aromatic heterocycles. The van der Waals surface area contributed by atoms with E-state index in [1.165, 1.54) is 10.9 Å². The maximum Gasteiger partial charge on any atom is 0.123 e. The Bertz CT molecular complexity index is 491. The van der Waals surface area contributed by atoms with Gasteiger partial charge in [0.25, 0.3) is 0 Å². The van der Waals surface area contributed by atoms with E-state index < -0.39 is 0 Å². The normalized spacial score (nSPS) is 11.8. The fraction of sp³-hybridized carbons (Fsp3) is 0.286. The Morgan fingerprint density at radius 1 is 1.06 bits per heavy atom. The smallest absolute Gasteiger partial charge is 0.123 e. The van der Waals surface area contributed by atoms with Crippen LogP contribution in [-0.4, -0.2) is 0 Å². The van der Waals surface area contributed by atoms with Crippen molar-refractivity contribution in [2.75, 3.05) is 0 Å². The predicted octanol–water partition coefficient (Wildman–Crippen LogP) is 4.85. The quantitative estimate of drug-likeness (QED) is 0.661. The fourth-order valence-electron chi connectivity index (χ4n) is 1.54. The lowest BCUT2D eigenvalue weighted by Crippen LogP contribution is -2.07. The van der Waals surface area contributed by atoms with Gasteiger partial charge in [0.05, 0.1) is 0 Å². The molecule has 1 heterocycles. The van der Waals surface area contributed by atoms with Gasteiger partial charge in [-0.05, 0) is 35.2 Å². The van der Waals surface area contributed by atoms with Gasteiger partial charge in [0.1, 0.15) is 5.82 Å². The van der Waals surface area contributed by atoms with E-state index >= 15 is 0 Å². The highest BCUT2D eigenvalue weighted by Gasteiger charge is 2.16. The standard InChI is InChI=1S/C14H15FS/c1-14(2,3)13-8-7-12(16-13)10-5-4-6-11(15)9-10/h4-9H,1-3H3.